The molecular formula is C13H11N3O. The zero-order valence-electron chi connectivity index (χ0n) is 9.34. The molecule has 0 fully saturated rings. The van der Waals surface area contributed by atoms with E-state index in [9.17, 15) is 0 Å². The van der Waals surface area contributed by atoms with E-state index in [2.05, 4.69) is 21.0 Å². The van der Waals surface area contributed by atoms with Crippen LogP contribution in [0.1, 0.15) is 0 Å². The molecule has 0 bridgehead atoms. The van der Waals surface area contributed by atoms with Gasteiger partial charge in [0.05, 0.1) is 7.11 Å². The van der Waals surface area contributed by atoms with E-state index in [1.807, 2.05) is 24.3 Å². The molecule has 4 heteroatoms. The number of fused-ring (bicyclic) bond motifs is 1. The maximum absolute atomic E-state index is 5.10. The first kappa shape index (κ1) is 9.84. The van der Waals surface area contributed by atoms with Gasteiger partial charge in [0.1, 0.15) is 5.65 Å². The SMILES string of the molecule is COc1ccc2cc(-c3ccncc3)[nH]c2n1. The molecule has 84 valence electrons. The number of aromatic nitrogens is 3. The molecule has 0 saturated carbocycles. The Balaban J connectivity index is 2.14. The lowest BCUT2D eigenvalue weighted by Gasteiger charge is -1.96. The maximum Gasteiger partial charge on any atom is 0.214 e. The fourth-order valence-corrected chi connectivity index (χ4v) is 1.79. The Morgan fingerprint density at radius 2 is 1.94 bits per heavy atom. The molecule has 0 unspecified atom stereocenters. The van der Waals surface area contributed by atoms with Crippen molar-refractivity contribution in [2.75, 3.05) is 7.11 Å². The van der Waals surface area contributed by atoms with E-state index in [1.165, 1.54) is 0 Å². The zero-order chi connectivity index (χ0) is 11.7. The first-order valence-electron chi connectivity index (χ1n) is 5.31. The number of ether oxygens (including phenoxy) is 1. The Labute approximate surface area is 98.3 Å². The molecule has 0 saturated heterocycles. The van der Waals surface area contributed by atoms with Crippen LogP contribution in [-0.4, -0.2) is 22.1 Å². The molecule has 3 aromatic heterocycles. The lowest BCUT2D eigenvalue weighted by atomic mass is 10.2. The summed E-state index contributed by atoms with van der Waals surface area (Å²) in [6, 6.07) is 9.83. The highest BCUT2D eigenvalue weighted by molar-refractivity contribution is 5.83. The van der Waals surface area contributed by atoms with Crippen molar-refractivity contribution in [1.29, 1.82) is 0 Å². The Hall–Kier alpha value is -2.36. The van der Waals surface area contributed by atoms with Gasteiger partial charge in [0, 0.05) is 35.1 Å². The third kappa shape index (κ3) is 1.73. The number of hydrogen-bond donors (Lipinski definition) is 1. The van der Waals surface area contributed by atoms with E-state index < -0.39 is 0 Å². The van der Waals surface area contributed by atoms with E-state index >= 15 is 0 Å². The summed E-state index contributed by atoms with van der Waals surface area (Å²) in [5.74, 6) is 0.612. The number of nitrogens with zero attached hydrogens (tertiary/aromatic N) is 2. The van der Waals surface area contributed by atoms with Crippen LogP contribution in [0.2, 0.25) is 0 Å². The summed E-state index contributed by atoms with van der Waals surface area (Å²) in [6.45, 7) is 0. The van der Waals surface area contributed by atoms with E-state index in [0.717, 1.165) is 22.3 Å². The van der Waals surface area contributed by atoms with Gasteiger partial charge in [0.2, 0.25) is 5.88 Å². The molecule has 17 heavy (non-hydrogen) atoms. The second-order valence-corrected chi connectivity index (χ2v) is 3.71. The third-order valence-electron chi connectivity index (χ3n) is 2.65. The van der Waals surface area contributed by atoms with Gasteiger partial charge in [-0.05, 0) is 24.3 Å². The highest BCUT2D eigenvalue weighted by Gasteiger charge is 2.04. The molecule has 0 aliphatic rings. The molecular weight excluding hydrogens is 214 g/mol. The monoisotopic (exact) mass is 225 g/mol. The minimum Gasteiger partial charge on any atom is -0.481 e. The molecule has 0 aliphatic heterocycles. The Morgan fingerprint density at radius 1 is 1.12 bits per heavy atom. The van der Waals surface area contributed by atoms with Gasteiger partial charge in [0.25, 0.3) is 0 Å². The largest absolute Gasteiger partial charge is 0.481 e. The van der Waals surface area contributed by atoms with Crippen LogP contribution in [0.25, 0.3) is 22.3 Å². The fourth-order valence-electron chi connectivity index (χ4n) is 1.79. The smallest absolute Gasteiger partial charge is 0.214 e. The Morgan fingerprint density at radius 3 is 2.71 bits per heavy atom. The highest BCUT2D eigenvalue weighted by atomic mass is 16.5. The zero-order valence-corrected chi connectivity index (χ0v) is 9.34. The lowest BCUT2D eigenvalue weighted by molar-refractivity contribution is 0.399. The molecule has 4 nitrogen and oxygen atoms in total. The molecule has 0 atom stereocenters. The first-order chi connectivity index (χ1) is 8.36. The second kappa shape index (κ2) is 3.90. The number of rotatable bonds is 2. The van der Waals surface area contributed by atoms with Crippen LogP contribution in [0.15, 0.2) is 42.7 Å². The van der Waals surface area contributed by atoms with Gasteiger partial charge in [0.15, 0.2) is 0 Å². The van der Waals surface area contributed by atoms with Gasteiger partial charge in [-0.1, -0.05) is 0 Å². The highest BCUT2D eigenvalue weighted by Crippen LogP contribution is 2.23. The van der Waals surface area contributed by atoms with Crippen molar-refractivity contribution < 1.29 is 4.74 Å². The van der Waals surface area contributed by atoms with Crippen LogP contribution < -0.4 is 4.74 Å². The Bertz CT molecular complexity index is 646. The fraction of sp³-hybridized carbons (Fsp3) is 0.0769. The van der Waals surface area contributed by atoms with E-state index in [0.29, 0.717) is 5.88 Å². The van der Waals surface area contributed by atoms with Crippen molar-refractivity contribution in [3.63, 3.8) is 0 Å². The third-order valence-corrected chi connectivity index (χ3v) is 2.65. The molecule has 3 heterocycles. The van der Waals surface area contributed by atoms with Gasteiger partial charge < -0.3 is 9.72 Å². The van der Waals surface area contributed by atoms with Gasteiger partial charge in [-0.15, -0.1) is 0 Å². The first-order valence-corrected chi connectivity index (χ1v) is 5.31. The number of aromatic amines is 1. The van der Waals surface area contributed by atoms with Crippen molar-refractivity contribution in [3.05, 3.63) is 42.7 Å². The van der Waals surface area contributed by atoms with Crippen molar-refractivity contribution in [1.82, 2.24) is 15.0 Å². The van der Waals surface area contributed by atoms with Gasteiger partial charge in [-0.2, -0.15) is 4.98 Å². The lowest BCUT2D eigenvalue weighted by Crippen LogP contribution is -1.86. The van der Waals surface area contributed by atoms with E-state index in [4.69, 9.17) is 4.74 Å². The van der Waals surface area contributed by atoms with Crippen molar-refractivity contribution in [2.24, 2.45) is 0 Å². The molecule has 0 radical (unpaired) electrons. The second-order valence-electron chi connectivity index (χ2n) is 3.71. The predicted octanol–water partition coefficient (Wildman–Crippen LogP) is 2.63. The van der Waals surface area contributed by atoms with Crippen LogP contribution in [0.5, 0.6) is 5.88 Å². The summed E-state index contributed by atoms with van der Waals surface area (Å²) in [5.41, 5.74) is 2.95. The molecule has 0 aromatic carbocycles. The number of pyridine rings is 2. The van der Waals surface area contributed by atoms with Crippen LogP contribution >= 0.6 is 0 Å². The quantitative estimate of drug-likeness (QED) is 0.729. The van der Waals surface area contributed by atoms with Crippen molar-refractivity contribution >= 4 is 11.0 Å². The van der Waals surface area contributed by atoms with E-state index in [-0.39, 0.29) is 0 Å². The van der Waals surface area contributed by atoms with Crippen LogP contribution in [0.3, 0.4) is 0 Å². The predicted molar refractivity (Wildman–Crippen MR) is 65.9 cm³/mol. The number of methoxy groups -OCH3 is 1. The van der Waals surface area contributed by atoms with Crippen molar-refractivity contribution in [3.8, 4) is 17.1 Å². The average molecular weight is 225 g/mol. The number of H-pyrrole nitrogens is 1. The van der Waals surface area contributed by atoms with Crippen LogP contribution in [-0.2, 0) is 0 Å². The topological polar surface area (TPSA) is 50.8 Å². The van der Waals surface area contributed by atoms with Crippen LogP contribution in [0.4, 0.5) is 0 Å². The number of hydrogen-bond acceptors (Lipinski definition) is 3. The summed E-state index contributed by atoms with van der Waals surface area (Å²) >= 11 is 0. The minimum absolute atomic E-state index is 0.612. The molecule has 0 aliphatic carbocycles. The molecule has 0 spiro atoms. The summed E-state index contributed by atoms with van der Waals surface area (Å²) < 4.78 is 5.10. The van der Waals surface area contributed by atoms with Gasteiger partial charge in [-0.3, -0.25) is 4.98 Å². The molecule has 0 amide bonds. The van der Waals surface area contributed by atoms with Crippen molar-refractivity contribution in [2.45, 2.75) is 0 Å². The summed E-state index contributed by atoms with van der Waals surface area (Å²) in [4.78, 5) is 11.6. The average Bonchev–Trinajstić information content (AvgIpc) is 2.82. The summed E-state index contributed by atoms with van der Waals surface area (Å²) in [6.07, 6.45) is 3.55. The van der Waals surface area contributed by atoms with E-state index in [1.54, 1.807) is 19.5 Å². The van der Waals surface area contributed by atoms with Crippen LogP contribution in [0, 0.1) is 0 Å². The summed E-state index contributed by atoms with van der Waals surface area (Å²) in [7, 11) is 1.61. The normalized spacial score (nSPS) is 10.6. The summed E-state index contributed by atoms with van der Waals surface area (Å²) in [5, 5.41) is 1.07. The molecule has 3 aromatic rings. The molecule has 1 N–H and O–H groups in total. The molecule has 3 rings (SSSR count). The number of nitrogens with one attached hydrogen (secondary N) is 1. The van der Waals surface area contributed by atoms with Gasteiger partial charge >= 0.3 is 0 Å². The maximum atomic E-state index is 5.10. The Kier molecular flexibility index (Phi) is 2.26. The minimum atomic E-state index is 0.612. The standard InChI is InChI=1S/C13H11N3O/c1-17-12-3-2-10-8-11(15-13(10)16-12)9-4-6-14-7-5-9/h2-8H,1H3,(H,15,16). The van der Waals surface area contributed by atoms with Gasteiger partial charge in [-0.25, -0.2) is 0 Å².